The molecule has 0 radical (unpaired) electrons. The highest BCUT2D eigenvalue weighted by molar-refractivity contribution is 6.36. The van der Waals surface area contributed by atoms with Gasteiger partial charge in [-0.15, -0.1) is 0 Å². The fourth-order valence-corrected chi connectivity index (χ4v) is 2.81. The fraction of sp³-hybridized carbons (Fsp3) is 0.0625. The Hall–Kier alpha value is -2.17. The number of nitrogens with zero attached hydrogens (tertiary/aromatic N) is 1. The van der Waals surface area contributed by atoms with E-state index in [0.717, 1.165) is 28.1 Å². The van der Waals surface area contributed by atoms with Gasteiger partial charge < -0.3 is 10.5 Å². The predicted molar refractivity (Wildman–Crippen MR) is 90.4 cm³/mol. The Kier molecular flexibility index (Phi) is 3.96. The lowest BCUT2D eigenvalue weighted by molar-refractivity contribution is 0.415. The van der Waals surface area contributed by atoms with Crippen LogP contribution in [0.1, 0.15) is 0 Å². The Balaban J connectivity index is 2.19. The van der Waals surface area contributed by atoms with Crippen LogP contribution in [0.25, 0.3) is 22.4 Å². The van der Waals surface area contributed by atoms with E-state index >= 15 is 0 Å². The molecule has 2 aromatic carbocycles. The van der Waals surface area contributed by atoms with E-state index in [9.17, 15) is 0 Å². The zero-order valence-corrected chi connectivity index (χ0v) is 13.2. The smallest absolute Gasteiger partial charge is 0.153 e. The Morgan fingerprint density at radius 1 is 1.14 bits per heavy atom. The number of hydrogen-bond acceptors (Lipinski definition) is 3. The number of aromatic nitrogens is 2. The van der Waals surface area contributed by atoms with Crippen LogP contribution in [0, 0.1) is 0 Å². The normalized spacial score (nSPS) is 10.7. The number of H-pyrrole nitrogens is 1. The third-order valence-corrected chi connectivity index (χ3v) is 3.90. The van der Waals surface area contributed by atoms with Crippen LogP contribution in [0.4, 0.5) is 5.82 Å². The Labute approximate surface area is 137 Å². The molecular formula is C16H13Cl2N3O. The molecule has 6 heteroatoms. The maximum Gasteiger partial charge on any atom is 0.153 e. The summed E-state index contributed by atoms with van der Waals surface area (Å²) in [5.74, 6) is 1.13. The molecule has 0 atom stereocenters. The number of ether oxygens (including phenoxy) is 1. The summed E-state index contributed by atoms with van der Waals surface area (Å²) in [5.41, 5.74) is 9.23. The van der Waals surface area contributed by atoms with E-state index in [1.54, 1.807) is 19.2 Å². The number of benzene rings is 2. The highest BCUT2D eigenvalue weighted by Crippen LogP contribution is 2.39. The van der Waals surface area contributed by atoms with E-state index in [-0.39, 0.29) is 0 Å². The van der Waals surface area contributed by atoms with Crippen molar-refractivity contribution in [2.45, 2.75) is 0 Å². The molecular weight excluding hydrogens is 321 g/mol. The standard InChI is InChI=1S/C16H13Cl2N3O/c1-22-11-4-2-3-9(7-11)15-14(16(19)21-20-15)12-6-5-10(17)8-13(12)18/h2-8H,1H3,(H3,19,20,21). The van der Waals surface area contributed by atoms with E-state index in [1.807, 2.05) is 30.3 Å². The van der Waals surface area contributed by atoms with Gasteiger partial charge in [-0.2, -0.15) is 5.10 Å². The summed E-state index contributed by atoms with van der Waals surface area (Å²) in [6.07, 6.45) is 0. The minimum Gasteiger partial charge on any atom is -0.497 e. The highest BCUT2D eigenvalue weighted by Gasteiger charge is 2.17. The average Bonchev–Trinajstić information content (AvgIpc) is 2.89. The molecule has 1 aromatic heterocycles. The fourth-order valence-electron chi connectivity index (χ4n) is 2.31. The van der Waals surface area contributed by atoms with E-state index < -0.39 is 0 Å². The molecule has 1 heterocycles. The molecule has 22 heavy (non-hydrogen) atoms. The zero-order valence-electron chi connectivity index (χ0n) is 11.7. The second kappa shape index (κ2) is 5.91. The SMILES string of the molecule is COc1cccc(-c2[nH]nc(N)c2-c2ccc(Cl)cc2Cl)c1. The number of aromatic amines is 1. The van der Waals surface area contributed by atoms with Gasteiger partial charge in [-0.05, 0) is 24.3 Å². The lowest BCUT2D eigenvalue weighted by atomic mass is 10.0. The van der Waals surface area contributed by atoms with Gasteiger partial charge in [0.15, 0.2) is 5.82 Å². The van der Waals surface area contributed by atoms with Crippen molar-refractivity contribution in [3.8, 4) is 28.1 Å². The van der Waals surface area contributed by atoms with E-state index in [4.69, 9.17) is 33.7 Å². The van der Waals surface area contributed by atoms with Crippen LogP contribution in [0.3, 0.4) is 0 Å². The van der Waals surface area contributed by atoms with Gasteiger partial charge in [0.1, 0.15) is 5.75 Å². The van der Waals surface area contributed by atoms with Crippen molar-refractivity contribution in [3.05, 3.63) is 52.5 Å². The van der Waals surface area contributed by atoms with Crippen LogP contribution >= 0.6 is 23.2 Å². The molecule has 112 valence electrons. The molecule has 4 nitrogen and oxygen atoms in total. The number of methoxy groups -OCH3 is 1. The van der Waals surface area contributed by atoms with Gasteiger partial charge in [-0.25, -0.2) is 0 Å². The summed E-state index contributed by atoms with van der Waals surface area (Å²) in [4.78, 5) is 0. The van der Waals surface area contributed by atoms with Crippen molar-refractivity contribution in [3.63, 3.8) is 0 Å². The van der Waals surface area contributed by atoms with E-state index in [2.05, 4.69) is 10.2 Å². The number of nitrogen functional groups attached to an aromatic ring is 1. The highest BCUT2D eigenvalue weighted by atomic mass is 35.5. The van der Waals surface area contributed by atoms with Crippen LogP contribution in [-0.4, -0.2) is 17.3 Å². The number of nitrogens with one attached hydrogen (secondary N) is 1. The zero-order chi connectivity index (χ0) is 15.7. The van der Waals surface area contributed by atoms with Crippen molar-refractivity contribution in [2.24, 2.45) is 0 Å². The third-order valence-electron chi connectivity index (χ3n) is 3.35. The minimum atomic E-state index is 0.377. The first-order chi connectivity index (χ1) is 10.6. The van der Waals surface area contributed by atoms with Crippen LogP contribution in [0.5, 0.6) is 5.75 Å². The van der Waals surface area contributed by atoms with Gasteiger partial charge in [-0.1, -0.05) is 41.4 Å². The van der Waals surface area contributed by atoms with Crippen LogP contribution in [0.2, 0.25) is 10.0 Å². The van der Waals surface area contributed by atoms with Crippen molar-refractivity contribution >= 4 is 29.0 Å². The molecule has 3 aromatic rings. The summed E-state index contributed by atoms with van der Waals surface area (Å²) < 4.78 is 5.26. The molecule has 0 fully saturated rings. The van der Waals surface area contributed by atoms with Crippen molar-refractivity contribution < 1.29 is 4.74 Å². The molecule has 0 aliphatic heterocycles. The van der Waals surface area contributed by atoms with Crippen molar-refractivity contribution in [2.75, 3.05) is 12.8 Å². The average molecular weight is 334 g/mol. The summed E-state index contributed by atoms with van der Waals surface area (Å²) in [6.45, 7) is 0. The first-order valence-electron chi connectivity index (χ1n) is 6.54. The predicted octanol–water partition coefficient (Wildman–Crippen LogP) is 4.64. The van der Waals surface area contributed by atoms with E-state index in [1.165, 1.54) is 0 Å². The molecule has 3 rings (SSSR count). The van der Waals surface area contributed by atoms with Crippen molar-refractivity contribution in [1.82, 2.24) is 10.2 Å². The number of halogens is 2. The first kappa shape index (κ1) is 14.8. The van der Waals surface area contributed by atoms with Crippen LogP contribution in [-0.2, 0) is 0 Å². The second-order valence-electron chi connectivity index (χ2n) is 4.71. The maximum atomic E-state index is 6.30. The summed E-state index contributed by atoms with van der Waals surface area (Å²) in [6, 6.07) is 12.9. The molecule has 0 saturated heterocycles. The number of rotatable bonds is 3. The summed E-state index contributed by atoms with van der Waals surface area (Å²) in [5, 5.41) is 8.16. The van der Waals surface area contributed by atoms with Crippen LogP contribution in [0.15, 0.2) is 42.5 Å². The largest absolute Gasteiger partial charge is 0.497 e. The Bertz CT molecular complexity index is 830. The molecule has 3 N–H and O–H groups in total. The second-order valence-corrected chi connectivity index (χ2v) is 5.56. The van der Waals surface area contributed by atoms with Gasteiger partial charge in [0, 0.05) is 16.1 Å². The lowest BCUT2D eigenvalue weighted by Crippen LogP contribution is -1.90. The Morgan fingerprint density at radius 3 is 2.68 bits per heavy atom. The number of anilines is 1. The topological polar surface area (TPSA) is 63.9 Å². The van der Waals surface area contributed by atoms with Gasteiger partial charge in [0.05, 0.1) is 23.4 Å². The van der Waals surface area contributed by atoms with Gasteiger partial charge in [0.2, 0.25) is 0 Å². The molecule has 0 aliphatic rings. The van der Waals surface area contributed by atoms with Crippen LogP contribution < -0.4 is 10.5 Å². The molecule has 0 spiro atoms. The van der Waals surface area contributed by atoms with Gasteiger partial charge in [0.25, 0.3) is 0 Å². The summed E-state index contributed by atoms with van der Waals surface area (Å²) in [7, 11) is 1.62. The number of nitrogens with two attached hydrogens (primary N) is 1. The molecule has 0 bridgehead atoms. The van der Waals surface area contributed by atoms with Gasteiger partial charge in [-0.3, -0.25) is 5.10 Å². The minimum absolute atomic E-state index is 0.377. The first-order valence-corrected chi connectivity index (χ1v) is 7.29. The molecule has 0 unspecified atom stereocenters. The summed E-state index contributed by atoms with van der Waals surface area (Å²) >= 11 is 12.3. The number of hydrogen-bond donors (Lipinski definition) is 2. The molecule has 0 saturated carbocycles. The monoisotopic (exact) mass is 333 g/mol. The Morgan fingerprint density at radius 2 is 1.95 bits per heavy atom. The molecule has 0 amide bonds. The van der Waals surface area contributed by atoms with Gasteiger partial charge >= 0.3 is 0 Å². The lowest BCUT2D eigenvalue weighted by Gasteiger charge is -2.08. The molecule has 0 aliphatic carbocycles. The van der Waals surface area contributed by atoms with E-state index in [0.29, 0.717) is 15.9 Å². The quantitative estimate of drug-likeness (QED) is 0.733. The van der Waals surface area contributed by atoms with Crippen molar-refractivity contribution in [1.29, 1.82) is 0 Å². The third kappa shape index (κ3) is 2.63. The maximum absolute atomic E-state index is 6.30.